The van der Waals surface area contributed by atoms with E-state index in [1.807, 2.05) is 44.2 Å². The quantitative estimate of drug-likeness (QED) is 0.381. The van der Waals surface area contributed by atoms with E-state index < -0.39 is 29.3 Å². The van der Waals surface area contributed by atoms with Crippen molar-refractivity contribution < 1.29 is 29.0 Å². The SMILES string of the molecule is CC(N[C@@H](CC(C)C(=O)OCc1ccccc1)C(=O)O)=C1C(=O)CC(C)(C)CC1=O. The van der Waals surface area contributed by atoms with E-state index in [-0.39, 0.29) is 48.7 Å². The highest BCUT2D eigenvalue weighted by molar-refractivity contribution is 6.22. The Balaban J connectivity index is 2.03. The van der Waals surface area contributed by atoms with Crippen molar-refractivity contribution in [3.05, 3.63) is 47.2 Å². The summed E-state index contributed by atoms with van der Waals surface area (Å²) in [5, 5.41) is 12.3. The summed E-state index contributed by atoms with van der Waals surface area (Å²) in [5.41, 5.74) is 0.697. The van der Waals surface area contributed by atoms with E-state index in [1.165, 1.54) is 6.92 Å². The zero-order valence-electron chi connectivity index (χ0n) is 17.9. The molecule has 2 N–H and O–H groups in total. The molecule has 162 valence electrons. The topological polar surface area (TPSA) is 110 Å². The van der Waals surface area contributed by atoms with E-state index in [0.29, 0.717) is 0 Å². The van der Waals surface area contributed by atoms with Gasteiger partial charge in [-0.05, 0) is 24.3 Å². The summed E-state index contributed by atoms with van der Waals surface area (Å²) in [7, 11) is 0. The van der Waals surface area contributed by atoms with Crippen LogP contribution < -0.4 is 5.32 Å². The van der Waals surface area contributed by atoms with Gasteiger partial charge in [0.05, 0.1) is 11.5 Å². The highest BCUT2D eigenvalue weighted by Gasteiger charge is 2.37. The van der Waals surface area contributed by atoms with Crippen molar-refractivity contribution in [1.29, 1.82) is 0 Å². The van der Waals surface area contributed by atoms with Crippen molar-refractivity contribution in [2.45, 2.75) is 59.6 Å². The average molecular weight is 415 g/mol. The molecular weight excluding hydrogens is 386 g/mol. The van der Waals surface area contributed by atoms with Gasteiger partial charge in [-0.1, -0.05) is 51.1 Å². The zero-order valence-corrected chi connectivity index (χ0v) is 17.9. The maximum Gasteiger partial charge on any atom is 0.326 e. The number of carbonyl (C=O) groups is 4. The summed E-state index contributed by atoms with van der Waals surface area (Å²) in [5.74, 6) is -2.95. The molecule has 2 rings (SSSR count). The van der Waals surface area contributed by atoms with Crippen LogP contribution in [0.1, 0.15) is 52.5 Å². The molecule has 1 unspecified atom stereocenters. The molecule has 1 aromatic carbocycles. The summed E-state index contributed by atoms with van der Waals surface area (Å²) in [4.78, 5) is 48.8. The van der Waals surface area contributed by atoms with Gasteiger partial charge in [0, 0.05) is 18.5 Å². The van der Waals surface area contributed by atoms with Crippen molar-refractivity contribution >= 4 is 23.5 Å². The van der Waals surface area contributed by atoms with Gasteiger partial charge in [0.1, 0.15) is 12.6 Å². The van der Waals surface area contributed by atoms with Crippen LogP contribution in [0.5, 0.6) is 0 Å². The zero-order chi connectivity index (χ0) is 22.5. The number of hydrogen-bond acceptors (Lipinski definition) is 6. The first kappa shape index (κ1) is 23.3. The second-order valence-electron chi connectivity index (χ2n) is 8.63. The third-order valence-electron chi connectivity index (χ3n) is 5.12. The van der Waals surface area contributed by atoms with E-state index in [2.05, 4.69) is 5.32 Å². The molecule has 0 heterocycles. The molecule has 2 atom stereocenters. The monoisotopic (exact) mass is 415 g/mol. The van der Waals surface area contributed by atoms with Crippen molar-refractivity contribution in [2.24, 2.45) is 11.3 Å². The first-order valence-corrected chi connectivity index (χ1v) is 9.97. The summed E-state index contributed by atoms with van der Waals surface area (Å²) in [6.07, 6.45) is 0.418. The second-order valence-corrected chi connectivity index (χ2v) is 8.63. The Labute approximate surface area is 176 Å². The van der Waals surface area contributed by atoms with Crippen LogP contribution in [0.2, 0.25) is 0 Å². The number of nitrogens with one attached hydrogen (secondary N) is 1. The number of Topliss-reactive ketones (excluding diaryl/α,β-unsaturated/α-hetero) is 2. The fourth-order valence-corrected chi connectivity index (χ4v) is 3.56. The maximum atomic E-state index is 12.4. The normalized spacial score (nSPS) is 17.8. The Bertz CT molecular complexity index is 834. The van der Waals surface area contributed by atoms with Gasteiger partial charge in [0.2, 0.25) is 0 Å². The number of hydrogen-bond donors (Lipinski definition) is 2. The molecule has 0 amide bonds. The third kappa shape index (κ3) is 6.27. The molecule has 7 nitrogen and oxygen atoms in total. The molecule has 30 heavy (non-hydrogen) atoms. The van der Waals surface area contributed by atoms with Crippen LogP contribution in [0, 0.1) is 11.3 Å². The van der Waals surface area contributed by atoms with Gasteiger partial charge in [0.15, 0.2) is 11.6 Å². The number of esters is 1. The summed E-state index contributed by atoms with van der Waals surface area (Å²) in [6.45, 7) is 6.93. The Morgan fingerprint density at radius 3 is 2.23 bits per heavy atom. The largest absolute Gasteiger partial charge is 0.480 e. The van der Waals surface area contributed by atoms with Crippen molar-refractivity contribution in [1.82, 2.24) is 5.32 Å². The van der Waals surface area contributed by atoms with Gasteiger partial charge in [-0.25, -0.2) is 4.79 Å². The molecule has 7 heteroatoms. The number of aliphatic carboxylic acids is 1. The van der Waals surface area contributed by atoms with Gasteiger partial charge < -0.3 is 15.2 Å². The standard InChI is InChI=1S/C23H29NO6/c1-14(22(29)30-13-16-8-6-5-7-9-16)10-17(21(27)28)24-15(2)20-18(25)11-23(3,4)12-19(20)26/h5-9,14,17,24H,10-13H2,1-4H3,(H,27,28)/t14?,17-/m0/s1. The Morgan fingerprint density at radius 1 is 1.13 bits per heavy atom. The molecule has 0 saturated heterocycles. The minimum absolute atomic E-state index is 0.0277. The smallest absolute Gasteiger partial charge is 0.326 e. The fourth-order valence-electron chi connectivity index (χ4n) is 3.56. The van der Waals surface area contributed by atoms with Crippen LogP contribution >= 0.6 is 0 Å². The van der Waals surface area contributed by atoms with Crippen LogP contribution in [0.4, 0.5) is 0 Å². The van der Waals surface area contributed by atoms with E-state index in [0.717, 1.165) is 5.56 Å². The third-order valence-corrected chi connectivity index (χ3v) is 5.12. The molecule has 0 radical (unpaired) electrons. The lowest BCUT2D eigenvalue weighted by Crippen LogP contribution is -2.41. The Kier molecular flexibility index (Phi) is 7.54. The molecule has 0 aromatic heterocycles. The minimum Gasteiger partial charge on any atom is -0.480 e. The van der Waals surface area contributed by atoms with E-state index >= 15 is 0 Å². The van der Waals surface area contributed by atoms with Crippen LogP contribution in [0.15, 0.2) is 41.6 Å². The number of ether oxygens (including phenoxy) is 1. The highest BCUT2D eigenvalue weighted by Crippen LogP contribution is 2.34. The lowest BCUT2D eigenvalue weighted by molar-refractivity contribution is -0.150. The number of rotatable bonds is 8. The minimum atomic E-state index is -1.17. The molecule has 0 spiro atoms. The van der Waals surface area contributed by atoms with Crippen molar-refractivity contribution in [3.8, 4) is 0 Å². The molecule has 1 fully saturated rings. The highest BCUT2D eigenvalue weighted by atomic mass is 16.5. The lowest BCUT2D eigenvalue weighted by Gasteiger charge is -2.30. The average Bonchev–Trinajstić information content (AvgIpc) is 2.64. The summed E-state index contributed by atoms with van der Waals surface area (Å²) >= 11 is 0. The number of carboxylic acids is 1. The predicted octanol–water partition coefficient (Wildman–Crippen LogP) is 3.03. The molecule has 0 bridgehead atoms. The maximum absolute atomic E-state index is 12.4. The number of benzene rings is 1. The van der Waals surface area contributed by atoms with Gasteiger partial charge in [0.25, 0.3) is 0 Å². The molecule has 0 aliphatic heterocycles. The Morgan fingerprint density at radius 2 is 1.70 bits per heavy atom. The first-order valence-electron chi connectivity index (χ1n) is 9.97. The fraction of sp³-hybridized carbons (Fsp3) is 0.478. The molecule has 1 aliphatic rings. The molecule has 1 aromatic rings. The molecule has 1 aliphatic carbocycles. The van der Waals surface area contributed by atoms with Crippen LogP contribution in [-0.2, 0) is 30.5 Å². The van der Waals surface area contributed by atoms with Crippen molar-refractivity contribution in [2.75, 3.05) is 0 Å². The van der Waals surface area contributed by atoms with Gasteiger partial charge >= 0.3 is 11.9 Å². The van der Waals surface area contributed by atoms with Crippen LogP contribution in [-0.4, -0.2) is 34.7 Å². The first-order chi connectivity index (χ1) is 14.0. The van der Waals surface area contributed by atoms with E-state index in [9.17, 15) is 24.3 Å². The lowest BCUT2D eigenvalue weighted by atomic mass is 9.73. The number of allylic oxidation sites excluding steroid dienone is 2. The van der Waals surface area contributed by atoms with E-state index in [1.54, 1.807) is 6.92 Å². The van der Waals surface area contributed by atoms with Gasteiger partial charge in [-0.2, -0.15) is 0 Å². The van der Waals surface area contributed by atoms with Crippen molar-refractivity contribution in [3.63, 3.8) is 0 Å². The van der Waals surface area contributed by atoms with Gasteiger partial charge in [-0.15, -0.1) is 0 Å². The van der Waals surface area contributed by atoms with Gasteiger partial charge in [-0.3, -0.25) is 14.4 Å². The van der Waals surface area contributed by atoms with Crippen LogP contribution in [0.3, 0.4) is 0 Å². The molecular formula is C23H29NO6. The number of carbonyl (C=O) groups excluding carboxylic acids is 3. The predicted molar refractivity (Wildman–Crippen MR) is 110 cm³/mol. The summed E-state index contributed by atoms with van der Waals surface area (Å²) < 4.78 is 5.27. The Hall–Kier alpha value is -2.96. The number of carboxylic acid groups (broad SMARTS) is 1. The number of ketones is 2. The van der Waals surface area contributed by atoms with E-state index in [4.69, 9.17) is 4.74 Å². The second kappa shape index (κ2) is 9.69. The summed E-state index contributed by atoms with van der Waals surface area (Å²) in [6, 6.07) is 8.05. The van der Waals surface area contributed by atoms with Crippen LogP contribution in [0.25, 0.3) is 0 Å². The molecule has 1 saturated carbocycles.